The highest BCUT2D eigenvalue weighted by Gasteiger charge is 2.21. The summed E-state index contributed by atoms with van der Waals surface area (Å²) in [7, 11) is 0. The van der Waals surface area contributed by atoms with E-state index in [1.165, 1.54) is 0 Å². The molecule has 1 aliphatic heterocycles. The molecule has 1 unspecified atom stereocenters. The highest BCUT2D eigenvalue weighted by molar-refractivity contribution is 5.82. The van der Waals surface area contributed by atoms with Crippen LogP contribution in [0.15, 0.2) is 18.3 Å². The second-order valence-corrected chi connectivity index (χ2v) is 4.13. The first-order valence-corrected chi connectivity index (χ1v) is 5.69. The summed E-state index contributed by atoms with van der Waals surface area (Å²) in [6.07, 6.45) is 3.74. The van der Waals surface area contributed by atoms with Crippen LogP contribution in [0, 0.1) is 6.92 Å². The zero-order valence-electron chi connectivity index (χ0n) is 9.49. The van der Waals surface area contributed by atoms with Crippen LogP contribution in [-0.2, 0) is 11.3 Å². The molecule has 2 rings (SSSR count). The van der Waals surface area contributed by atoms with Gasteiger partial charge in [-0.25, -0.2) is 0 Å². The van der Waals surface area contributed by atoms with Gasteiger partial charge in [0.05, 0.1) is 11.7 Å². The summed E-state index contributed by atoms with van der Waals surface area (Å²) in [4.78, 5) is 15.8. The van der Waals surface area contributed by atoms with E-state index in [0.29, 0.717) is 6.54 Å². The Bertz CT molecular complexity index is 378. The molecule has 0 radical (unpaired) electrons. The molecule has 4 nitrogen and oxygen atoms in total. The van der Waals surface area contributed by atoms with Gasteiger partial charge in [0.2, 0.25) is 5.91 Å². The molecule has 1 atom stereocenters. The van der Waals surface area contributed by atoms with Crippen LogP contribution >= 0.6 is 0 Å². The molecule has 0 bridgehead atoms. The molecule has 1 aromatic rings. The molecule has 2 heterocycles. The minimum absolute atomic E-state index is 0.0600. The zero-order chi connectivity index (χ0) is 11.4. The molecule has 1 aromatic heterocycles. The van der Waals surface area contributed by atoms with Gasteiger partial charge in [0.1, 0.15) is 0 Å². The summed E-state index contributed by atoms with van der Waals surface area (Å²) < 4.78 is 0. The van der Waals surface area contributed by atoms with Gasteiger partial charge in [-0.2, -0.15) is 0 Å². The van der Waals surface area contributed by atoms with Gasteiger partial charge in [-0.05, 0) is 31.4 Å². The predicted molar refractivity (Wildman–Crippen MR) is 61.8 cm³/mol. The Morgan fingerprint density at radius 1 is 1.62 bits per heavy atom. The van der Waals surface area contributed by atoms with Gasteiger partial charge in [-0.15, -0.1) is 0 Å². The van der Waals surface area contributed by atoms with Gasteiger partial charge >= 0.3 is 0 Å². The largest absolute Gasteiger partial charge is 0.355 e. The van der Waals surface area contributed by atoms with E-state index in [2.05, 4.69) is 15.6 Å². The Morgan fingerprint density at radius 2 is 2.50 bits per heavy atom. The maximum absolute atomic E-state index is 11.5. The Hall–Kier alpha value is -1.42. The van der Waals surface area contributed by atoms with Crippen molar-refractivity contribution in [1.82, 2.24) is 15.6 Å². The lowest BCUT2D eigenvalue weighted by molar-refractivity contribution is -0.124. The van der Waals surface area contributed by atoms with Crippen LogP contribution in [0.3, 0.4) is 0 Å². The number of aromatic nitrogens is 1. The smallest absolute Gasteiger partial charge is 0.237 e. The van der Waals surface area contributed by atoms with Crippen molar-refractivity contribution in [2.24, 2.45) is 0 Å². The maximum Gasteiger partial charge on any atom is 0.237 e. The van der Waals surface area contributed by atoms with Gasteiger partial charge in [-0.1, -0.05) is 6.07 Å². The normalized spacial score (nSPS) is 20.6. The molecule has 1 saturated heterocycles. The molecule has 0 aromatic carbocycles. The zero-order valence-corrected chi connectivity index (χ0v) is 9.49. The second-order valence-electron chi connectivity index (χ2n) is 4.13. The average molecular weight is 219 g/mol. The van der Waals surface area contributed by atoms with Gasteiger partial charge in [0, 0.05) is 19.3 Å². The van der Waals surface area contributed by atoms with Crippen LogP contribution in [0.4, 0.5) is 0 Å². The first-order chi connectivity index (χ1) is 7.77. The molecule has 4 heteroatoms. The number of hydrogen-bond acceptors (Lipinski definition) is 3. The third kappa shape index (κ3) is 2.58. The Labute approximate surface area is 95.5 Å². The van der Waals surface area contributed by atoms with Crippen LogP contribution < -0.4 is 10.6 Å². The molecule has 0 aliphatic carbocycles. The molecule has 16 heavy (non-hydrogen) atoms. The highest BCUT2D eigenvalue weighted by atomic mass is 16.2. The van der Waals surface area contributed by atoms with E-state index in [0.717, 1.165) is 30.6 Å². The SMILES string of the molecule is Cc1cccnc1CNC1CCCNC1=O. The van der Waals surface area contributed by atoms with Crippen molar-refractivity contribution in [3.63, 3.8) is 0 Å². The molecule has 0 spiro atoms. The van der Waals surface area contributed by atoms with Crippen LogP contribution in [0.2, 0.25) is 0 Å². The summed E-state index contributed by atoms with van der Waals surface area (Å²) in [5.74, 6) is 0.111. The van der Waals surface area contributed by atoms with E-state index in [-0.39, 0.29) is 11.9 Å². The van der Waals surface area contributed by atoms with Gasteiger partial charge in [-0.3, -0.25) is 9.78 Å². The van der Waals surface area contributed by atoms with Crippen molar-refractivity contribution >= 4 is 5.91 Å². The first kappa shape index (κ1) is 11.1. The number of carbonyl (C=O) groups excluding carboxylic acids is 1. The summed E-state index contributed by atoms with van der Waals surface area (Å²) in [5, 5.41) is 6.12. The molecule has 1 fully saturated rings. The summed E-state index contributed by atoms with van der Waals surface area (Å²) in [6, 6.07) is 3.90. The standard InChI is InChI=1S/C12H17N3O/c1-9-4-2-6-13-11(9)8-15-10-5-3-7-14-12(10)16/h2,4,6,10,15H,3,5,7-8H2,1H3,(H,14,16). The molecule has 2 N–H and O–H groups in total. The van der Waals surface area contributed by atoms with Crippen molar-refractivity contribution in [1.29, 1.82) is 0 Å². The number of pyridine rings is 1. The summed E-state index contributed by atoms with van der Waals surface area (Å²) >= 11 is 0. The van der Waals surface area contributed by atoms with E-state index in [1.807, 2.05) is 19.1 Å². The quantitative estimate of drug-likeness (QED) is 0.789. The number of nitrogens with zero attached hydrogens (tertiary/aromatic N) is 1. The number of rotatable bonds is 3. The van der Waals surface area contributed by atoms with Crippen molar-refractivity contribution in [3.8, 4) is 0 Å². The lowest BCUT2D eigenvalue weighted by atomic mass is 10.1. The highest BCUT2D eigenvalue weighted by Crippen LogP contribution is 2.06. The summed E-state index contributed by atoms with van der Waals surface area (Å²) in [5.41, 5.74) is 2.17. The third-order valence-electron chi connectivity index (χ3n) is 2.92. The molecular formula is C12H17N3O. The van der Waals surface area contributed by atoms with Crippen LogP contribution in [0.25, 0.3) is 0 Å². The molecule has 86 valence electrons. The first-order valence-electron chi connectivity index (χ1n) is 5.69. The number of aryl methyl sites for hydroxylation is 1. The third-order valence-corrected chi connectivity index (χ3v) is 2.92. The van der Waals surface area contributed by atoms with Crippen molar-refractivity contribution in [2.45, 2.75) is 32.4 Å². The molecular weight excluding hydrogens is 202 g/mol. The van der Waals surface area contributed by atoms with Crippen LogP contribution in [0.1, 0.15) is 24.1 Å². The van der Waals surface area contributed by atoms with E-state index in [4.69, 9.17) is 0 Å². The minimum atomic E-state index is -0.0600. The van der Waals surface area contributed by atoms with E-state index >= 15 is 0 Å². The van der Waals surface area contributed by atoms with Crippen LogP contribution in [0.5, 0.6) is 0 Å². The summed E-state index contributed by atoms with van der Waals surface area (Å²) in [6.45, 7) is 3.50. The lowest BCUT2D eigenvalue weighted by Gasteiger charge is -2.22. The molecule has 1 amide bonds. The fraction of sp³-hybridized carbons (Fsp3) is 0.500. The van der Waals surface area contributed by atoms with Crippen molar-refractivity contribution in [3.05, 3.63) is 29.6 Å². The number of hydrogen-bond donors (Lipinski definition) is 2. The monoisotopic (exact) mass is 219 g/mol. The van der Waals surface area contributed by atoms with Crippen LogP contribution in [-0.4, -0.2) is 23.5 Å². The van der Waals surface area contributed by atoms with Gasteiger partial charge in [0.25, 0.3) is 0 Å². The minimum Gasteiger partial charge on any atom is -0.355 e. The Kier molecular flexibility index (Phi) is 3.51. The fourth-order valence-corrected chi connectivity index (χ4v) is 1.89. The van der Waals surface area contributed by atoms with Gasteiger partial charge in [0.15, 0.2) is 0 Å². The Morgan fingerprint density at radius 3 is 3.25 bits per heavy atom. The van der Waals surface area contributed by atoms with Gasteiger partial charge < -0.3 is 10.6 Å². The van der Waals surface area contributed by atoms with E-state index in [1.54, 1.807) is 6.20 Å². The number of piperidine rings is 1. The molecule has 0 saturated carbocycles. The maximum atomic E-state index is 11.5. The molecule has 1 aliphatic rings. The Balaban J connectivity index is 1.92. The average Bonchev–Trinajstić information content (AvgIpc) is 2.30. The van der Waals surface area contributed by atoms with Crippen molar-refractivity contribution < 1.29 is 4.79 Å². The second kappa shape index (κ2) is 5.07. The van der Waals surface area contributed by atoms with E-state index < -0.39 is 0 Å². The number of nitrogens with one attached hydrogen (secondary N) is 2. The fourth-order valence-electron chi connectivity index (χ4n) is 1.89. The van der Waals surface area contributed by atoms with E-state index in [9.17, 15) is 4.79 Å². The number of carbonyl (C=O) groups is 1. The topological polar surface area (TPSA) is 54.0 Å². The van der Waals surface area contributed by atoms with Crippen molar-refractivity contribution in [2.75, 3.05) is 6.54 Å². The number of amides is 1. The lowest BCUT2D eigenvalue weighted by Crippen LogP contribution is -2.48. The predicted octanol–water partition coefficient (Wildman–Crippen LogP) is 0.758.